The number of rotatable bonds is 5. The third-order valence-corrected chi connectivity index (χ3v) is 3.30. The number of methoxy groups -OCH3 is 1. The van der Waals surface area contributed by atoms with E-state index >= 15 is 0 Å². The van der Waals surface area contributed by atoms with Crippen LogP contribution in [0.3, 0.4) is 0 Å². The molecule has 90 valence electrons. The minimum atomic E-state index is 0.513. The molecule has 2 aromatic rings. The average Bonchev–Trinajstić information content (AvgIpc) is 2.78. The van der Waals surface area contributed by atoms with E-state index in [-0.39, 0.29) is 0 Å². The van der Waals surface area contributed by atoms with E-state index < -0.39 is 0 Å². The molecule has 0 amide bonds. The number of hydrogen-bond donors (Lipinski definition) is 0. The Bertz CT molecular complexity index is 487. The Hall–Kier alpha value is -1.10. The van der Waals surface area contributed by atoms with Crippen molar-refractivity contribution in [3.8, 4) is 15.6 Å². The molecule has 5 heteroatoms. The molecule has 0 saturated heterocycles. The van der Waals surface area contributed by atoms with Crippen LogP contribution in [0.25, 0.3) is 10.4 Å². The van der Waals surface area contributed by atoms with Gasteiger partial charge in [0.15, 0.2) is 0 Å². The summed E-state index contributed by atoms with van der Waals surface area (Å²) in [6, 6.07) is 7.68. The van der Waals surface area contributed by atoms with Gasteiger partial charge in [0.05, 0.1) is 11.5 Å². The molecule has 0 aliphatic heterocycles. The van der Waals surface area contributed by atoms with Gasteiger partial charge in [-0.3, -0.25) is 0 Å². The van der Waals surface area contributed by atoms with Gasteiger partial charge in [0.25, 0.3) is 5.19 Å². The molecule has 0 fully saturated rings. The van der Waals surface area contributed by atoms with E-state index in [4.69, 9.17) is 21.1 Å². The number of thiazole rings is 1. The maximum Gasteiger partial charge on any atom is 0.273 e. The highest BCUT2D eigenvalue weighted by Crippen LogP contribution is 2.31. The van der Waals surface area contributed by atoms with Crippen LogP contribution in [0, 0.1) is 0 Å². The molecule has 0 saturated carbocycles. The maximum atomic E-state index is 5.94. The Morgan fingerprint density at radius 1 is 1.35 bits per heavy atom. The first-order chi connectivity index (χ1) is 8.29. The standard InChI is InChI=1S/C12H12ClNO2S/c1-15-5-6-16-12-14-8-11(17-12)9-3-2-4-10(13)7-9/h2-4,7-8H,5-6H2,1H3. The predicted octanol–water partition coefficient (Wildman–Crippen LogP) is 3.49. The van der Waals surface area contributed by atoms with Crippen molar-refractivity contribution in [3.05, 3.63) is 35.5 Å². The summed E-state index contributed by atoms with van der Waals surface area (Å²) in [5.41, 5.74) is 1.05. The molecular formula is C12H12ClNO2S. The van der Waals surface area contributed by atoms with E-state index in [2.05, 4.69) is 4.98 Å². The van der Waals surface area contributed by atoms with Crippen molar-refractivity contribution >= 4 is 22.9 Å². The lowest BCUT2D eigenvalue weighted by atomic mass is 10.2. The fraction of sp³-hybridized carbons (Fsp3) is 0.250. The zero-order valence-corrected chi connectivity index (χ0v) is 10.9. The Balaban J connectivity index is 2.07. The molecule has 0 aliphatic rings. The summed E-state index contributed by atoms with van der Waals surface area (Å²) in [6.45, 7) is 1.07. The maximum absolute atomic E-state index is 5.94. The SMILES string of the molecule is COCCOc1ncc(-c2cccc(Cl)c2)s1. The molecule has 3 nitrogen and oxygen atoms in total. The number of ether oxygens (including phenoxy) is 2. The Labute approximate surface area is 109 Å². The lowest BCUT2D eigenvalue weighted by Gasteiger charge is -1.99. The predicted molar refractivity (Wildman–Crippen MR) is 69.9 cm³/mol. The van der Waals surface area contributed by atoms with Crippen LogP contribution in [0.15, 0.2) is 30.5 Å². The molecule has 0 atom stereocenters. The summed E-state index contributed by atoms with van der Waals surface area (Å²) in [7, 11) is 1.64. The van der Waals surface area contributed by atoms with Crippen LogP contribution < -0.4 is 4.74 Å². The minimum absolute atomic E-state index is 0.513. The summed E-state index contributed by atoms with van der Waals surface area (Å²) >= 11 is 7.44. The Morgan fingerprint density at radius 2 is 2.24 bits per heavy atom. The van der Waals surface area contributed by atoms with Crippen molar-refractivity contribution in [2.75, 3.05) is 20.3 Å². The van der Waals surface area contributed by atoms with Gasteiger partial charge in [0.1, 0.15) is 6.61 Å². The highest BCUT2D eigenvalue weighted by atomic mass is 35.5. The molecule has 17 heavy (non-hydrogen) atoms. The van der Waals surface area contributed by atoms with Crippen molar-refractivity contribution < 1.29 is 9.47 Å². The van der Waals surface area contributed by atoms with E-state index in [9.17, 15) is 0 Å². The van der Waals surface area contributed by atoms with E-state index in [1.807, 2.05) is 24.3 Å². The smallest absolute Gasteiger partial charge is 0.273 e. The molecule has 1 aromatic heterocycles. The van der Waals surface area contributed by atoms with Gasteiger partial charge in [0.2, 0.25) is 0 Å². The first kappa shape index (κ1) is 12.4. The molecule has 0 spiro atoms. The van der Waals surface area contributed by atoms with E-state index in [1.165, 1.54) is 11.3 Å². The number of halogens is 1. The van der Waals surface area contributed by atoms with Crippen LogP contribution in [-0.2, 0) is 4.74 Å². The van der Waals surface area contributed by atoms with Crippen molar-refractivity contribution in [2.24, 2.45) is 0 Å². The molecule has 1 heterocycles. The average molecular weight is 270 g/mol. The van der Waals surface area contributed by atoms with Gasteiger partial charge in [-0.05, 0) is 17.7 Å². The highest BCUT2D eigenvalue weighted by molar-refractivity contribution is 7.16. The zero-order valence-electron chi connectivity index (χ0n) is 9.35. The van der Waals surface area contributed by atoms with E-state index in [0.717, 1.165) is 15.5 Å². The van der Waals surface area contributed by atoms with Crippen molar-refractivity contribution in [1.29, 1.82) is 0 Å². The zero-order chi connectivity index (χ0) is 12.1. The largest absolute Gasteiger partial charge is 0.468 e. The van der Waals surface area contributed by atoms with Crippen LogP contribution in [-0.4, -0.2) is 25.3 Å². The quantitative estimate of drug-likeness (QED) is 0.779. The molecule has 0 unspecified atom stereocenters. The van der Waals surface area contributed by atoms with Gasteiger partial charge in [-0.25, -0.2) is 4.98 Å². The van der Waals surface area contributed by atoms with Crippen LogP contribution >= 0.6 is 22.9 Å². The van der Waals surface area contributed by atoms with Crippen molar-refractivity contribution in [1.82, 2.24) is 4.98 Å². The topological polar surface area (TPSA) is 31.4 Å². The number of hydrogen-bond acceptors (Lipinski definition) is 4. The Kier molecular flexibility index (Phi) is 4.36. The first-order valence-electron chi connectivity index (χ1n) is 5.13. The molecule has 2 rings (SSSR count). The summed E-state index contributed by atoms with van der Waals surface area (Å²) < 4.78 is 10.3. The third-order valence-electron chi connectivity index (χ3n) is 2.11. The summed E-state index contributed by atoms with van der Waals surface area (Å²) in [5, 5.41) is 1.37. The van der Waals surface area contributed by atoms with Gasteiger partial charge < -0.3 is 9.47 Å². The minimum Gasteiger partial charge on any atom is -0.468 e. The monoisotopic (exact) mass is 269 g/mol. The molecule has 0 radical (unpaired) electrons. The van der Waals surface area contributed by atoms with Gasteiger partial charge in [-0.15, -0.1) is 0 Å². The second kappa shape index (κ2) is 6.00. The van der Waals surface area contributed by atoms with Gasteiger partial charge >= 0.3 is 0 Å². The Morgan fingerprint density at radius 3 is 3.00 bits per heavy atom. The second-order valence-electron chi connectivity index (χ2n) is 3.34. The summed E-state index contributed by atoms with van der Waals surface area (Å²) in [4.78, 5) is 5.23. The molecule has 0 bridgehead atoms. The summed E-state index contributed by atoms with van der Waals surface area (Å²) in [6.07, 6.45) is 1.79. The van der Waals surface area contributed by atoms with Crippen molar-refractivity contribution in [3.63, 3.8) is 0 Å². The lowest BCUT2D eigenvalue weighted by molar-refractivity contribution is 0.146. The van der Waals surface area contributed by atoms with Crippen molar-refractivity contribution in [2.45, 2.75) is 0 Å². The fourth-order valence-corrected chi connectivity index (χ4v) is 2.29. The molecule has 0 N–H and O–H groups in total. The normalized spacial score (nSPS) is 10.5. The van der Waals surface area contributed by atoms with Gasteiger partial charge in [0, 0.05) is 18.3 Å². The van der Waals surface area contributed by atoms with Crippen LogP contribution in [0.4, 0.5) is 0 Å². The van der Waals surface area contributed by atoms with Gasteiger partial charge in [-0.2, -0.15) is 0 Å². The molecular weight excluding hydrogens is 258 g/mol. The number of nitrogens with zero attached hydrogens (tertiary/aromatic N) is 1. The highest BCUT2D eigenvalue weighted by Gasteiger charge is 2.05. The molecule has 0 aliphatic carbocycles. The first-order valence-corrected chi connectivity index (χ1v) is 6.32. The third kappa shape index (κ3) is 3.43. The summed E-state index contributed by atoms with van der Waals surface area (Å²) in [5.74, 6) is 0. The van der Waals surface area contributed by atoms with E-state index in [1.54, 1.807) is 13.3 Å². The van der Waals surface area contributed by atoms with Crippen LogP contribution in [0.2, 0.25) is 5.02 Å². The van der Waals surface area contributed by atoms with Crippen LogP contribution in [0.5, 0.6) is 5.19 Å². The number of benzene rings is 1. The van der Waals surface area contributed by atoms with E-state index in [0.29, 0.717) is 18.4 Å². The lowest BCUT2D eigenvalue weighted by Crippen LogP contribution is -2.03. The van der Waals surface area contributed by atoms with Crippen LogP contribution in [0.1, 0.15) is 0 Å². The van der Waals surface area contributed by atoms with Gasteiger partial charge in [-0.1, -0.05) is 35.1 Å². The molecule has 1 aromatic carbocycles. The fourth-order valence-electron chi connectivity index (χ4n) is 1.31. The second-order valence-corrected chi connectivity index (χ2v) is 4.77. The number of aromatic nitrogens is 1.